The van der Waals surface area contributed by atoms with Crippen molar-refractivity contribution < 1.29 is 0 Å². The second-order valence-corrected chi connectivity index (χ2v) is 5.87. The molecule has 3 heteroatoms. The van der Waals surface area contributed by atoms with E-state index in [1.807, 2.05) is 6.07 Å². The largest absolute Gasteiger partial charge is 0.358 e. The van der Waals surface area contributed by atoms with E-state index in [1.54, 1.807) is 0 Å². The van der Waals surface area contributed by atoms with Gasteiger partial charge in [-0.15, -0.1) is 0 Å². The predicted molar refractivity (Wildman–Crippen MR) is 88.1 cm³/mol. The van der Waals surface area contributed by atoms with Crippen LogP contribution in [-0.4, -0.2) is 11.5 Å². The van der Waals surface area contributed by atoms with Gasteiger partial charge in [-0.1, -0.05) is 52.3 Å². The number of aryl methyl sites for hydroxylation is 1. The van der Waals surface area contributed by atoms with Crippen molar-refractivity contribution in [2.45, 2.75) is 12.8 Å². The predicted octanol–water partition coefficient (Wildman–Crippen LogP) is 4.33. The van der Waals surface area contributed by atoms with Crippen LogP contribution in [0.15, 0.2) is 53.0 Å². The molecule has 3 rings (SSSR count). The lowest BCUT2D eigenvalue weighted by atomic mass is 9.93. The highest BCUT2D eigenvalue weighted by molar-refractivity contribution is 9.10. The zero-order valence-electron chi connectivity index (χ0n) is 11.4. The highest BCUT2D eigenvalue weighted by Crippen LogP contribution is 2.33. The number of benzene rings is 2. The first-order valence-corrected chi connectivity index (χ1v) is 7.53. The van der Waals surface area contributed by atoms with Crippen LogP contribution in [0.5, 0.6) is 0 Å². The van der Waals surface area contributed by atoms with E-state index >= 15 is 0 Å². The van der Waals surface area contributed by atoms with E-state index in [0.29, 0.717) is 6.54 Å². The van der Waals surface area contributed by atoms with Crippen LogP contribution in [0.3, 0.4) is 0 Å². The molecule has 1 aromatic heterocycles. The van der Waals surface area contributed by atoms with Crippen molar-refractivity contribution >= 4 is 26.8 Å². The van der Waals surface area contributed by atoms with Gasteiger partial charge in [0.2, 0.25) is 0 Å². The molecule has 102 valence electrons. The summed E-state index contributed by atoms with van der Waals surface area (Å²) in [5.74, 6) is 0.179. The van der Waals surface area contributed by atoms with Crippen molar-refractivity contribution in [1.82, 2.24) is 4.98 Å². The van der Waals surface area contributed by atoms with Crippen molar-refractivity contribution in [1.29, 1.82) is 0 Å². The quantitative estimate of drug-likeness (QED) is 0.738. The van der Waals surface area contributed by atoms with Gasteiger partial charge in [-0.3, -0.25) is 0 Å². The molecule has 0 saturated heterocycles. The summed E-state index contributed by atoms with van der Waals surface area (Å²) in [6.45, 7) is 2.74. The Labute approximate surface area is 127 Å². The fourth-order valence-corrected chi connectivity index (χ4v) is 3.37. The molecule has 0 fully saturated rings. The van der Waals surface area contributed by atoms with Crippen molar-refractivity contribution in [2.75, 3.05) is 6.54 Å². The number of H-pyrrole nitrogens is 1. The maximum Gasteiger partial charge on any atom is 0.0459 e. The van der Waals surface area contributed by atoms with E-state index in [9.17, 15) is 0 Å². The summed E-state index contributed by atoms with van der Waals surface area (Å²) in [6, 6.07) is 16.7. The van der Waals surface area contributed by atoms with E-state index in [4.69, 9.17) is 5.73 Å². The molecule has 0 saturated carbocycles. The van der Waals surface area contributed by atoms with E-state index in [2.05, 4.69) is 70.3 Å². The van der Waals surface area contributed by atoms with Crippen LogP contribution in [0.4, 0.5) is 0 Å². The first-order valence-electron chi connectivity index (χ1n) is 6.74. The van der Waals surface area contributed by atoms with Crippen LogP contribution in [-0.2, 0) is 0 Å². The number of halogens is 1. The first kappa shape index (κ1) is 13.4. The molecule has 0 aliphatic carbocycles. The second kappa shape index (κ2) is 5.43. The van der Waals surface area contributed by atoms with Gasteiger partial charge in [0, 0.05) is 33.5 Å². The lowest BCUT2D eigenvalue weighted by molar-refractivity contribution is 0.787. The Hall–Kier alpha value is -1.58. The number of aromatic nitrogens is 1. The smallest absolute Gasteiger partial charge is 0.0459 e. The van der Waals surface area contributed by atoms with Crippen molar-refractivity contribution in [3.8, 4) is 0 Å². The Morgan fingerprint density at radius 2 is 1.80 bits per heavy atom. The third-order valence-electron chi connectivity index (χ3n) is 3.87. The summed E-state index contributed by atoms with van der Waals surface area (Å²) in [5, 5.41) is 1.27. The molecule has 3 N–H and O–H groups in total. The monoisotopic (exact) mass is 328 g/mol. The third-order valence-corrected chi connectivity index (χ3v) is 4.59. The summed E-state index contributed by atoms with van der Waals surface area (Å²) >= 11 is 3.63. The Morgan fingerprint density at radius 1 is 1.10 bits per heavy atom. The van der Waals surface area contributed by atoms with E-state index < -0.39 is 0 Å². The Balaban J connectivity index is 2.17. The number of hydrogen-bond donors (Lipinski definition) is 2. The molecule has 0 radical (unpaired) electrons. The van der Waals surface area contributed by atoms with Gasteiger partial charge in [0.1, 0.15) is 0 Å². The maximum absolute atomic E-state index is 6.06. The number of rotatable bonds is 3. The van der Waals surface area contributed by atoms with Crippen LogP contribution in [0.1, 0.15) is 22.7 Å². The minimum atomic E-state index is 0.179. The number of nitrogens with one attached hydrogen (secondary N) is 1. The summed E-state index contributed by atoms with van der Waals surface area (Å²) in [7, 11) is 0. The second-order valence-electron chi connectivity index (χ2n) is 5.02. The lowest BCUT2D eigenvalue weighted by Crippen LogP contribution is -2.15. The molecule has 0 amide bonds. The molecular weight excluding hydrogens is 312 g/mol. The minimum absolute atomic E-state index is 0.179. The van der Waals surface area contributed by atoms with Gasteiger partial charge >= 0.3 is 0 Å². The average Bonchev–Trinajstić information content (AvgIpc) is 2.80. The van der Waals surface area contributed by atoms with Crippen molar-refractivity contribution in [2.24, 2.45) is 5.73 Å². The third kappa shape index (κ3) is 2.17. The van der Waals surface area contributed by atoms with Gasteiger partial charge in [-0.25, -0.2) is 0 Å². The zero-order chi connectivity index (χ0) is 14.1. The van der Waals surface area contributed by atoms with Gasteiger partial charge in [0.25, 0.3) is 0 Å². The molecule has 1 heterocycles. The minimum Gasteiger partial charge on any atom is -0.358 e. The van der Waals surface area contributed by atoms with Crippen LogP contribution >= 0.6 is 15.9 Å². The molecule has 0 spiro atoms. The normalized spacial score (nSPS) is 12.8. The molecule has 2 nitrogen and oxygen atoms in total. The summed E-state index contributed by atoms with van der Waals surface area (Å²) in [4.78, 5) is 3.54. The maximum atomic E-state index is 6.06. The van der Waals surface area contributed by atoms with Crippen LogP contribution in [0.25, 0.3) is 10.9 Å². The zero-order valence-corrected chi connectivity index (χ0v) is 12.9. The number of nitrogens with two attached hydrogens (primary N) is 1. The number of aromatic amines is 1. The molecule has 3 aromatic rings. The standard InChI is InChI=1S/C17H17BrN2/c1-11-12-6-3-5-9-16(12)20-17(11)14(10-19)13-7-2-4-8-15(13)18/h2-9,14,20H,10,19H2,1H3. The van der Waals surface area contributed by atoms with Gasteiger partial charge in [0.05, 0.1) is 0 Å². The van der Waals surface area contributed by atoms with Gasteiger partial charge in [0.15, 0.2) is 0 Å². The summed E-state index contributed by atoms with van der Waals surface area (Å²) in [5.41, 5.74) is 10.9. The van der Waals surface area contributed by atoms with Gasteiger partial charge < -0.3 is 10.7 Å². The Kier molecular flexibility index (Phi) is 3.64. The Bertz CT molecular complexity index is 746. The van der Waals surface area contributed by atoms with Gasteiger partial charge in [-0.2, -0.15) is 0 Å². The van der Waals surface area contributed by atoms with E-state index in [0.717, 1.165) is 4.47 Å². The molecule has 1 atom stereocenters. The highest BCUT2D eigenvalue weighted by atomic mass is 79.9. The molecule has 0 aliphatic rings. The lowest BCUT2D eigenvalue weighted by Gasteiger charge is -2.17. The van der Waals surface area contributed by atoms with Crippen LogP contribution in [0.2, 0.25) is 0 Å². The highest BCUT2D eigenvalue weighted by Gasteiger charge is 2.20. The first-order chi connectivity index (χ1) is 9.72. The molecule has 0 aliphatic heterocycles. The SMILES string of the molecule is Cc1c(C(CN)c2ccccc2Br)[nH]c2ccccc12. The number of para-hydroxylation sites is 1. The van der Waals surface area contributed by atoms with Crippen molar-refractivity contribution in [3.63, 3.8) is 0 Å². The van der Waals surface area contributed by atoms with Crippen LogP contribution in [0, 0.1) is 6.92 Å². The fourth-order valence-electron chi connectivity index (χ4n) is 2.81. The number of fused-ring (bicyclic) bond motifs is 1. The molecule has 20 heavy (non-hydrogen) atoms. The number of hydrogen-bond acceptors (Lipinski definition) is 1. The molecule has 2 aromatic carbocycles. The fraction of sp³-hybridized carbons (Fsp3) is 0.176. The molecule has 1 unspecified atom stereocenters. The van der Waals surface area contributed by atoms with E-state index in [1.165, 1.54) is 27.7 Å². The molecular formula is C17H17BrN2. The van der Waals surface area contributed by atoms with E-state index in [-0.39, 0.29) is 5.92 Å². The summed E-state index contributed by atoms with van der Waals surface area (Å²) in [6.07, 6.45) is 0. The van der Waals surface area contributed by atoms with Crippen molar-refractivity contribution in [3.05, 3.63) is 69.8 Å². The summed E-state index contributed by atoms with van der Waals surface area (Å²) < 4.78 is 1.11. The van der Waals surface area contributed by atoms with Gasteiger partial charge in [-0.05, 0) is 30.2 Å². The topological polar surface area (TPSA) is 41.8 Å². The Morgan fingerprint density at radius 3 is 2.50 bits per heavy atom. The average molecular weight is 329 g/mol. The molecule has 0 bridgehead atoms. The van der Waals surface area contributed by atoms with Crippen LogP contribution < -0.4 is 5.73 Å².